The number of nitrogens with two attached hydrogens (primary N) is 2. The molecule has 0 heterocycles. The van der Waals surface area contributed by atoms with Crippen molar-refractivity contribution >= 4 is 11.9 Å². The Morgan fingerprint density at radius 3 is 1.96 bits per heavy atom. The van der Waals surface area contributed by atoms with E-state index in [9.17, 15) is 9.59 Å². The van der Waals surface area contributed by atoms with Crippen LogP contribution in [-0.4, -0.2) is 35.2 Å². The van der Waals surface area contributed by atoms with Crippen LogP contribution in [0.2, 0.25) is 0 Å². The SMILES string of the molecule is CC.CC.CC.C[C@@H](OC(=O)C(CCc1ccccc1)NN)C(N)C(=O)O. The Labute approximate surface area is 164 Å². The first-order valence-electron chi connectivity index (χ1n) is 9.64. The summed E-state index contributed by atoms with van der Waals surface area (Å²) in [7, 11) is 0. The van der Waals surface area contributed by atoms with E-state index >= 15 is 0 Å². The third-order valence-electron chi connectivity index (χ3n) is 3.14. The summed E-state index contributed by atoms with van der Waals surface area (Å²) in [6.07, 6.45) is 0.154. The van der Waals surface area contributed by atoms with Crippen molar-refractivity contribution in [2.24, 2.45) is 11.6 Å². The number of esters is 1. The molecule has 0 aliphatic heterocycles. The van der Waals surface area contributed by atoms with Gasteiger partial charge in [-0.25, -0.2) is 5.43 Å². The van der Waals surface area contributed by atoms with Gasteiger partial charge < -0.3 is 15.6 Å². The lowest BCUT2D eigenvalue weighted by molar-refractivity contribution is -0.155. The van der Waals surface area contributed by atoms with Crippen LogP contribution in [0.3, 0.4) is 0 Å². The Bertz CT molecular complexity index is 470. The molecule has 3 atom stereocenters. The number of hydrogen-bond acceptors (Lipinski definition) is 6. The van der Waals surface area contributed by atoms with Gasteiger partial charge in [0, 0.05) is 0 Å². The predicted octanol–water partition coefficient (Wildman–Crippen LogP) is 2.87. The van der Waals surface area contributed by atoms with E-state index in [1.165, 1.54) is 6.92 Å². The highest BCUT2D eigenvalue weighted by Crippen LogP contribution is 2.07. The summed E-state index contributed by atoms with van der Waals surface area (Å²) in [6.45, 7) is 13.4. The van der Waals surface area contributed by atoms with Crippen molar-refractivity contribution in [1.82, 2.24) is 5.43 Å². The van der Waals surface area contributed by atoms with E-state index in [1.54, 1.807) is 0 Å². The van der Waals surface area contributed by atoms with Gasteiger partial charge in [-0.2, -0.15) is 0 Å². The largest absolute Gasteiger partial charge is 0.480 e. The number of hydrazine groups is 1. The highest BCUT2D eigenvalue weighted by molar-refractivity contribution is 5.78. The van der Waals surface area contributed by atoms with Crippen LogP contribution in [0.1, 0.15) is 60.5 Å². The summed E-state index contributed by atoms with van der Waals surface area (Å²) in [4.78, 5) is 22.6. The fourth-order valence-corrected chi connectivity index (χ4v) is 1.76. The van der Waals surface area contributed by atoms with Crippen LogP contribution < -0.4 is 17.0 Å². The first kappa shape index (κ1) is 29.8. The molecule has 0 saturated heterocycles. The molecule has 0 saturated carbocycles. The Hall–Kier alpha value is -1.96. The normalized spacial score (nSPS) is 12.3. The molecule has 1 aromatic carbocycles. The summed E-state index contributed by atoms with van der Waals surface area (Å²) in [5.41, 5.74) is 8.84. The molecule has 0 aromatic heterocycles. The zero-order valence-corrected chi connectivity index (χ0v) is 17.9. The van der Waals surface area contributed by atoms with E-state index in [4.69, 9.17) is 21.4 Å². The minimum absolute atomic E-state index is 0.439. The van der Waals surface area contributed by atoms with Crippen molar-refractivity contribution in [3.63, 3.8) is 0 Å². The summed E-state index contributed by atoms with van der Waals surface area (Å²) >= 11 is 0. The molecule has 7 heteroatoms. The van der Waals surface area contributed by atoms with Crippen molar-refractivity contribution in [2.45, 2.75) is 79.5 Å². The van der Waals surface area contributed by atoms with Crippen LogP contribution in [0.25, 0.3) is 0 Å². The highest BCUT2D eigenvalue weighted by atomic mass is 16.5. The molecule has 2 unspecified atom stereocenters. The fraction of sp³-hybridized carbons (Fsp3) is 0.600. The maximum Gasteiger partial charge on any atom is 0.324 e. The average molecular weight is 386 g/mol. The van der Waals surface area contributed by atoms with Gasteiger partial charge in [-0.1, -0.05) is 71.9 Å². The Balaban J connectivity index is -0.000000869. The maximum atomic E-state index is 11.9. The Kier molecular flexibility index (Phi) is 22.5. The molecule has 1 rings (SSSR count). The molecule has 1 aromatic rings. The van der Waals surface area contributed by atoms with E-state index in [0.717, 1.165) is 5.56 Å². The predicted molar refractivity (Wildman–Crippen MR) is 111 cm³/mol. The number of benzene rings is 1. The Morgan fingerprint density at radius 1 is 1.07 bits per heavy atom. The van der Waals surface area contributed by atoms with Crippen LogP contribution in [0, 0.1) is 0 Å². The first-order chi connectivity index (χ1) is 13.0. The van der Waals surface area contributed by atoms with Crippen molar-refractivity contribution in [1.29, 1.82) is 0 Å². The monoisotopic (exact) mass is 385 g/mol. The molecule has 0 bridgehead atoms. The second kappa shape index (κ2) is 20.4. The second-order valence-electron chi connectivity index (χ2n) is 4.75. The number of rotatable bonds is 8. The minimum atomic E-state index is -1.26. The van der Waals surface area contributed by atoms with Gasteiger partial charge in [0.15, 0.2) is 0 Å². The standard InChI is InChI=1S/C14H21N3O4.3C2H6/c1-9(12(15)13(18)19)21-14(20)11(17-16)8-7-10-5-3-2-4-6-10;3*1-2/h2-6,9,11-12,17H,7-8,15-16H2,1H3,(H,18,19);3*1-2H3/t9-,11?,12?;;;/m1.../s1. The molecular weight excluding hydrogens is 346 g/mol. The van der Waals surface area contributed by atoms with Gasteiger partial charge in [0.2, 0.25) is 0 Å². The molecule has 0 fully saturated rings. The number of hydrogen-bond donors (Lipinski definition) is 4. The lowest BCUT2D eigenvalue weighted by Gasteiger charge is -2.21. The summed E-state index contributed by atoms with van der Waals surface area (Å²) < 4.78 is 5.03. The van der Waals surface area contributed by atoms with Crippen molar-refractivity contribution in [3.8, 4) is 0 Å². The van der Waals surface area contributed by atoms with Gasteiger partial charge in [0.05, 0.1) is 0 Å². The van der Waals surface area contributed by atoms with Gasteiger partial charge in [-0.05, 0) is 25.3 Å². The number of nitrogens with one attached hydrogen (secondary N) is 1. The molecule has 158 valence electrons. The number of carbonyl (C=O) groups excluding carboxylic acids is 1. The molecular formula is C20H39N3O4. The zero-order valence-electron chi connectivity index (χ0n) is 17.9. The van der Waals surface area contributed by atoms with Crippen LogP contribution in [0.5, 0.6) is 0 Å². The van der Waals surface area contributed by atoms with E-state index in [-0.39, 0.29) is 0 Å². The number of carbonyl (C=O) groups is 2. The lowest BCUT2D eigenvalue weighted by atomic mass is 10.1. The van der Waals surface area contributed by atoms with Gasteiger partial charge in [-0.15, -0.1) is 0 Å². The van der Waals surface area contributed by atoms with E-state index < -0.39 is 30.1 Å². The molecule has 0 spiro atoms. The molecule has 0 aliphatic rings. The third-order valence-corrected chi connectivity index (χ3v) is 3.14. The second-order valence-corrected chi connectivity index (χ2v) is 4.75. The van der Waals surface area contributed by atoms with Crippen LogP contribution in [-0.2, 0) is 20.7 Å². The lowest BCUT2D eigenvalue weighted by Crippen LogP contribution is -2.48. The summed E-state index contributed by atoms with van der Waals surface area (Å²) in [6, 6.07) is 7.64. The minimum Gasteiger partial charge on any atom is -0.480 e. The van der Waals surface area contributed by atoms with Crippen molar-refractivity contribution in [3.05, 3.63) is 35.9 Å². The maximum absolute atomic E-state index is 11.9. The molecule has 27 heavy (non-hydrogen) atoms. The van der Waals surface area contributed by atoms with Crippen LogP contribution in [0.4, 0.5) is 0 Å². The van der Waals surface area contributed by atoms with Gasteiger partial charge in [0.1, 0.15) is 18.2 Å². The molecule has 0 aliphatic carbocycles. The van der Waals surface area contributed by atoms with Gasteiger partial charge >= 0.3 is 11.9 Å². The van der Waals surface area contributed by atoms with Crippen molar-refractivity contribution in [2.75, 3.05) is 0 Å². The number of aryl methyl sites for hydroxylation is 1. The molecule has 7 nitrogen and oxygen atoms in total. The van der Waals surface area contributed by atoms with E-state index in [1.807, 2.05) is 71.9 Å². The quantitative estimate of drug-likeness (QED) is 0.308. The number of ether oxygens (including phenoxy) is 1. The average Bonchev–Trinajstić information content (AvgIpc) is 2.73. The van der Waals surface area contributed by atoms with Crippen molar-refractivity contribution < 1.29 is 19.4 Å². The van der Waals surface area contributed by atoms with Gasteiger partial charge in [0.25, 0.3) is 0 Å². The summed E-state index contributed by atoms with van der Waals surface area (Å²) in [5.74, 6) is 3.51. The zero-order chi connectivity index (χ0) is 21.8. The number of carboxylic acid groups (broad SMARTS) is 1. The molecule has 6 N–H and O–H groups in total. The van der Waals surface area contributed by atoms with Crippen LogP contribution >= 0.6 is 0 Å². The van der Waals surface area contributed by atoms with E-state index in [2.05, 4.69) is 5.43 Å². The number of carboxylic acids is 1. The Morgan fingerprint density at radius 2 is 1.56 bits per heavy atom. The highest BCUT2D eigenvalue weighted by Gasteiger charge is 2.27. The molecule has 0 radical (unpaired) electrons. The van der Waals surface area contributed by atoms with E-state index in [0.29, 0.717) is 12.8 Å². The van der Waals surface area contributed by atoms with Gasteiger partial charge in [-0.3, -0.25) is 15.4 Å². The first-order valence-corrected chi connectivity index (χ1v) is 9.64. The number of aliphatic carboxylic acids is 1. The third kappa shape index (κ3) is 13.8. The summed E-state index contributed by atoms with van der Waals surface area (Å²) in [5, 5.41) is 8.76. The van der Waals surface area contributed by atoms with Crippen LogP contribution in [0.15, 0.2) is 30.3 Å². The fourth-order valence-electron chi connectivity index (χ4n) is 1.76. The topological polar surface area (TPSA) is 128 Å². The smallest absolute Gasteiger partial charge is 0.324 e. The molecule has 0 amide bonds.